The third-order valence-corrected chi connectivity index (χ3v) is 4.97. The molecule has 2 aliphatic heterocycles. The number of hydrogen-bond acceptors (Lipinski definition) is 7. The van der Waals surface area contributed by atoms with E-state index in [1.165, 1.54) is 24.3 Å². The third kappa shape index (κ3) is 2.17. The van der Waals surface area contributed by atoms with Crippen LogP contribution in [0.15, 0.2) is 24.3 Å². The maximum atomic E-state index is 12.7. The second-order valence-electron chi connectivity index (χ2n) is 6.37. The van der Waals surface area contributed by atoms with Gasteiger partial charge in [-0.2, -0.15) is 0 Å². The lowest BCUT2D eigenvalue weighted by Gasteiger charge is -2.40. The highest BCUT2D eigenvalue weighted by Gasteiger charge is 2.46. The molecule has 0 radical (unpaired) electrons. The number of nitrogens with zero attached hydrogens (tertiary/aromatic N) is 2. The van der Waals surface area contributed by atoms with Crippen molar-refractivity contribution in [3.63, 3.8) is 0 Å². The zero-order valence-electron chi connectivity index (χ0n) is 14.0. The van der Waals surface area contributed by atoms with Crippen molar-refractivity contribution in [3.05, 3.63) is 46.5 Å². The number of benzene rings is 2. The van der Waals surface area contributed by atoms with Crippen LogP contribution in [0.5, 0.6) is 0 Å². The molecule has 2 aromatic carbocycles. The van der Waals surface area contributed by atoms with Crippen LogP contribution in [-0.2, 0) is 5.91 Å². The molecule has 2 heterocycles. The van der Waals surface area contributed by atoms with Crippen LogP contribution in [0.3, 0.4) is 0 Å². The maximum Gasteiger partial charge on any atom is 0.278 e. The number of aliphatic hydroxyl groups excluding tert-OH is 2. The van der Waals surface area contributed by atoms with Gasteiger partial charge in [0.05, 0.1) is 19.8 Å². The topological polar surface area (TPSA) is 139 Å². The number of imide groups is 1. The van der Waals surface area contributed by atoms with Crippen molar-refractivity contribution < 1.29 is 34.8 Å². The van der Waals surface area contributed by atoms with Crippen LogP contribution in [0.2, 0.25) is 0 Å². The number of aliphatic hydroxyl groups is 4. The summed E-state index contributed by atoms with van der Waals surface area (Å²) < 4.78 is 0. The molecule has 0 atom stereocenters. The summed E-state index contributed by atoms with van der Waals surface area (Å²) in [5, 5.41) is 39.7. The van der Waals surface area contributed by atoms with Gasteiger partial charge in [-0.05, 0) is 18.2 Å². The Hall–Kier alpha value is -2.85. The fourth-order valence-corrected chi connectivity index (χ4v) is 3.79. The van der Waals surface area contributed by atoms with Crippen molar-refractivity contribution in [1.82, 2.24) is 9.80 Å². The van der Waals surface area contributed by atoms with E-state index in [2.05, 4.69) is 0 Å². The molecular weight excluding hydrogens is 356 g/mol. The van der Waals surface area contributed by atoms with E-state index < -0.39 is 36.8 Å². The minimum absolute atomic E-state index is 0.0534. The SMILES string of the molecule is O=C1c2ccc3c4c(ccc(c24)C(=O)N1CCO)C(O)(O)N(CCO)C3=O. The summed E-state index contributed by atoms with van der Waals surface area (Å²) in [4.78, 5) is 39.7. The molecule has 0 spiro atoms. The number of β-amino-alcohol motifs (C(OH)–C–C–N with tert-alkyl or cyclic N) is 2. The zero-order valence-corrected chi connectivity index (χ0v) is 14.0. The van der Waals surface area contributed by atoms with E-state index in [1.54, 1.807) is 0 Å². The normalized spacial score (nSPS) is 17.9. The Balaban J connectivity index is 2.05. The van der Waals surface area contributed by atoms with Gasteiger partial charge in [-0.1, -0.05) is 6.07 Å². The summed E-state index contributed by atoms with van der Waals surface area (Å²) in [6, 6.07) is 5.46. The fourth-order valence-electron chi connectivity index (χ4n) is 3.79. The summed E-state index contributed by atoms with van der Waals surface area (Å²) in [5.74, 6) is -4.69. The quantitative estimate of drug-likeness (QED) is 0.398. The number of rotatable bonds is 4. The van der Waals surface area contributed by atoms with E-state index in [-0.39, 0.29) is 46.1 Å². The van der Waals surface area contributed by atoms with E-state index in [1.807, 2.05) is 0 Å². The molecule has 140 valence electrons. The van der Waals surface area contributed by atoms with Gasteiger partial charge in [-0.25, -0.2) is 0 Å². The van der Waals surface area contributed by atoms with Crippen LogP contribution in [0.25, 0.3) is 10.8 Å². The molecule has 0 aliphatic carbocycles. The summed E-state index contributed by atoms with van der Waals surface area (Å²) in [6.45, 7) is -1.35. The Morgan fingerprint density at radius 1 is 0.741 bits per heavy atom. The maximum absolute atomic E-state index is 12.7. The van der Waals surface area contributed by atoms with Gasteiger partial charge in [-0.15, -0.1) is 0 Å². The van der Waals surface area contributed by atoms with Crippen LogP contribution >= 0.6 is 0 Å². The average molecular weight is 372 g/mol. The summed E-state index contributed by atoms with van der Waals surface area (Å²) in [5.41, 5.74) is 0.326. The monoisotopic (exact) mass is 372 g/mol. The summed E-state index contributed by atoms with van der Waals surface area (Å²) >= 11 is 0. The van der Waals surface area contributed by atoms with Gasteiger partial charge in [-0.3, -0.25) is 24.2 Å². The highest BCUT2D eigenvalue weighted by atomic mass is 16.5. The minimum Gasteiger partial charge on any atom is -0.395 e. The molecule has 2 aromatic rings. The van der Waals surface area contributed by atoms with Crippen LogP contribution in [-0.4, -0.2) is 74.3 Å². The van der Waals surface area contributed by atoms with Crippen molar-refractivity contribution in [2.75, 3.05) is 26.3 Å². The molecule has 3 amide bonds. The van der Waals surface area contributed by atoms with Crippen LogP contribution in [0.1, 0.15) is 36.6 Å². The number of carbonyl (C=O) groups excluding carboxylic acids is 3. The van der Waals surface area contributed by atoms with E-state index in [0.29, 0.717) is 0 Å². The van der Waals surface area contributed by atoms with Crippen molar-refractivity contribution in [2.24, 2.45) is 0 Å². The van der Waals surface area contributed by atoms with Gasteiger partial charge < -0.3 is 20.4 Å². The van der Waals surface area contributed by atoms with Crippen molar-refractivity contribution in [2.45, 2.75) is 5.91 Å². The highest BCUT2D eigenvalue weighted by molar-refractivity contribution is 6.28. The summed E-state index contributed by atoms with van der Waals surface area (Å²) in [7, 11) is 0. The Morgan fingerprint density at radius 3 is 1.81 bits per heavy atom. The lowest BCUT2D eigenvalue weighted by atomic mass is 9.84. The van der Waals surface area contributed by atoms with Gasteiger partial charge in [0.1, 0.15) is 0 Å². The molecule has 0 bridgehead atoms. The minimum atomic E-state index is -2.70. The van der Waals surface area contributed by atoms with Crippen molar-refractivity contribution in [3.8, 4) is 0 Å². The molecule has 0 fully saturated rings. The van der Waals surface area contributed by atoms with Gasteiger partial charge in [0.2, 0.25) is 0 Å². The van der Waals surface area contributed by atoms with Crippen molar-refractivity contribution >= 4 is 28.5 Å². The van der Waals surface area contributed by atoms with Crippen LogP contribution in [0.4, 0.5) is 0 Å². The molecule has 2 aliphatic rings. The van der Waals surface area contributed by atoms with Gasteiger partial charge in [0, 0.05) is 39.6 Å². The molecule has 0 aromatic heterocycles. The Bertz CT molecular complexity index is 992. The lowest BCUT2D eigenvalue weighted by molar-refractivity contribution is -0.257. The van der Waals surface area contributed by atoms with E-state index >= 15 is 0 Å². The van der Waals surface area contributed by atoms with E-state index in [4.69, 9.17) is 10.2 Å². The highest BCUT2D eigenvalue weighted by Crippen LogP contribution is 2.42. The van der Waals surface area contributed by atoms with Gasteiger partial charge in [0.15, 0.2) is 0 Å². The molecule has 9 nitrogen and oxygen atoms in total. The van der Waals surface area contributed by atoms with Crippen LogP contribution < -0.4 is 0 Å². The second kappa shape index (κ2) is 5.83. The predicted molar refractivity (Wildman–Crippen MR) is 90.6 cm³/mol. The Morgan fingerprint density at radius 2 is 1.26 bits per heavy atom. The Labute approximate surface area is 152 Å². The molecule has 0 saturated heterocycles. The smallest absolute Gasteiger partial charge is 0.278 e. The molecule has 0 unspecified atom stereocenters. The third-order valence-electron chi connectivity index (χ3n) is 4.97. The fraction of sp³-hybridized carbons (Fsp3) is 0.278. The summed E-state index contributed by atoms with van der Waals surface area (Å²) in [6.07, 6.45) is 0. The van der Waals surface area contributed by atoms with E-state index in [9.17, 15) is 24.6 Å². The molecule has 27 heavy (non-hydrogen) atoms. The zero-order chi connectivity index (χ0) is 19.5. The van der Waals surface area contributed by atoms with Crippen molar-refractivity contribution in [1.29, 1.82) is 0 Å². The predicted octanol–water partition coefficient (Wildman–Crippen LogP) is -1.03. The first kappa shape index (κ1) is 17.6. The average Bonchev–Trinajstić information content (AvgIpc) is 2.65. The first-order chi connectivity index (χ1) is 12.8. The Kier molecular flexibility index (Phi) is 3.79. The molecule has 0 saturated carbocycles. The first-order valence-electron chi connectivity index (χ1n) is 8.29. The molecule has 9 heteroatoms. The number of hydrogen-bond donors (Lipinski definition) is 4. The molecular formula is C18H16N2O7. The largest absolute Gasteiger partial charge is 0.395 e. The van der Waals surface area contributed by atoms with Gasteiger partial charge in [0.25, 0.3) is 23.6 Å². The van der Waals surface area contributed by atoms with Crippen LogP contribution in [0, 0.1) is 0 Å². The van der Waals surface area contributed by atoms with Gasteiger partial charge >= 0.3 is 0 Å². The molecule has 4 N–H and O–H groups in total. The van der Waals surface area contributed by atoms with E-state index in [0.717, 1.165) is 9.80 Å². The molecule has 4 rings (SSSR count). The number of amides is 3. The number of carbonyl (C=O) groups is 3. The lowest BCUT2D eigenvalue weighted by Crippen LogP contribution is -2.53. The first-order valence-corrected chi connectivity index (χ1v) is 8.29. The second-order valence-corrected chi connectivity index (χ2v) is 6.37. The standard InChI is InChI=1S/C18H16N2O7/c21-7-5-19-15(23)9-1-2-11-14-12(4-3-10(13(9)14)16(19)24)18(26,27)20(6-8-22)17(11)25/h1-4,21-22,26-27H,5-8H2.